The third-order valence-electron chi connectivity index (χ3n) is 2.60. The molecule has 0 aromatic carbocycles. The summed E-state index contributed by atoms with van der Waals surface area (Å²) in [6.07, 6.45) is 4.08. The average Bonchev–Trinajstić information content (AvgIpc) is 2.47. The molecule has 4 nitrogen and oxygen atoms in total. The number of rotatable bonds is 1. The van der Waals surface area contributed by atoms with Crippen LogP contribution in [0.15, 0.2) is 11.6 Å². The molecule has 0 unspecified atom stereocenters. The van der Waals surface area contributed by atoms with Crippen molar-refractivity contribution in [2.45, 2.75) is 19.3 Å². The lowest BCUT2D eigenvalue weighted by molar-refractivity contribution is -0.124. The van der Waals surface area contributed by atoms with Gasteiger partial charge >= 0.3 is 0 Å². The smallest absolute Gasteiger partial charge is 0.253 e. The van der Waals surface area contributed by atoms with Gasteiger partial charge in [-0.2, -0.15) is 0 Å². The number of amides is 2. The normalized spacial score (nSPS) is 27.0. The van der Waals surface area contributed by atoms with Gasteiger partial charge in [0.05, 0.1) is 6.42 Å². The molecule has 2 saturated heterocycles. The molecular formula is C10H13NO3. The van der Waals surface area contributed by atoms with Gasteiger partial charge in [0, 0.05) is 18.8 Å². The van der Waals surface area contributed by atoms with Gasteiger partial charge in [0.25, 0.3) is 5.91 Å². The Bertz CT molecular complexity index is 290. The van der Waals surface area contributed by atoms with E-state index in [1.165, 1.54) is 0 Å². The molecule has 0 aromatic heterocycles. The van der Waals surface area contributed by atoms with Gasteiger partial charge < -0.3 is 4.74 Å². The van der Waals surface area contributed by atoms with Gasteiger partial charge in [-0.05, 0) is 18.8 Å². The van der Waals surface area contributed by atoms with E-state index < -0.39 is 0 Å². The lowest BCUT2D eigenvalue weighted by Gasteiger charge is -2.18. The minimum Gasteiger partial charge on any atom is -0.381 e. The van der Waals surface area contributed by atoms with E-state index in [9.17, 15) is 9.59 Å². The van der Waals surface area contributed by atoms with E-state index in [4.69, 9.17) is 4.74 Å². The van der Waals surface area contributed by atoms with Crippen LogP contribution in [0.5, 0.6) is 0 Å². The molecule has 0 bridgehead atoms. The first-order chi connectivity index (χ1) is 6.75. The van der Waals surface area contributed by atoms with Gasteiger partial charge in [-0.25, -0.2) is 0 Å². The Balaban J connectivity index is 2.02. The summed E-state index contributed by atoms with van der Waals surface area (Å²) < 4.78 is 5.22. The minimum atomic E-state index is -0.221. The molecule has 2 fully saturated rings. The highest BCUT2D eigenvalue weighted by molar-refractivity contribution is 6.13. The molecule has 0 atom stereocenters. The summed E-state index contributed by atoms with van der Waals surface area (Å²) in [5.41, 5.74) is 0.627. The molecule has 14 heavy (non-hydrogen) atoms. The molecule has 2 rings (SSSR count). The quantitative estimate of drug-likeness (QED) is 0.486. The van der Waals surface area contributed by atoms with Crippen molar-refractivity contribution in [3.8, 4) is 0 Å². The molecule has 4 heteroatoms. The molecular weight excluding hydrogens is 182 g/mol. The Kier molecular flexibility index (Phi) is 2.63. The fraction of sp³-hybridized carbons (Fsp3) is 0.600. The SMILES string of the molecule is O=C1CC(=CC2CCOCC2)C(=O)N1. The van der Waals surface area contributed by atoms with E-state index >= 15 is 0 Å². The van der Waals surface area contributed by atoms with Crippen molar-refractivity contribution < 1.29 is 14.3 Å². The molecule has 0 aliphatic carbocycles. The Hall–Kier alpha value is -1.16. The third kappa shape index (κ3) is 2.01. The van der Waals surface area contributed by atoms with Gasteiger partial charge in [0.1, 0.15) is 0 Å². The molecule has 0 saturated carbocycles. The van der Waals surface area contributed by atoms with Crippen molar-refractivity contribution in [2.24, 2.45) is 5.92 Å². The van der Waals surface area contributed by atoms with Crippen LogP contribution in [0.25, 0.3) is 0 Å². The zero-order chi connectivity index (χ0) is 9.97. The first-order valence-electron chi connectivity index (χ1n) is 4.88. The minimum absolute atomic E-state index is 0.187. The number of allylic oxidation sites excluding steroid dienone is 1. The van der Waals surface area contributed by atoms with Crippen molar-refractivity contribution in [1.82, 2.24) is 5.32 Å². The first-order valence-corrected chi connectivity index (χ1v) is 4.88. The predicted octanol–water partition coefficient (Wildman–Crippen LogP) is 0.386. The molecule has 2 aliphatic heterocycles. The van der Waals surface area contributed by atoms with Gasteiger partial charge in [-0.1, -0.05) is 6.08 Å². The first kappa shape index (κ1) is 9.40. The van der Waals surface area contributed by atoms with Crippen molar-refractivity contribution in [2.75, 3.05) is 13.2 Å². The lowest BCUT2D eigenvalue weighted by atomic mass is 9.97. The van der Waals surface area contributed by atoms with E-state index in [-0.39, 0.29) is 18.2 Å². The van der Waals surface area contributed by atoms with Crippen LogP contribution in [-0.2, 0) is 14.3 Å². The van der Waals surface area contributed by atoms with E-state index in [0.717, 1.165) is 26.1 Å². The number of hydrogen-bond donors (Lipinski definition) is 1. The van der Waals surface area contributed by atoms with E-state index in [2.05, 4.69) is 5.32 Å². The van der Waals surface area contributed by atoms with Crippen molar-refractivity contribution >= 4 is 11.8 Å². The van der Waals surface area contributed by atoms with Crippen LogP contribution in [0.4, 0.5) is 0 Å². The lowest BCUT2D eigenvalue weighted by Crippen LogP contribution is -2.20. The summed E-state index contributed by atoms with van der Waals surface area (Å²) in [6, 6.07) is 0. The van der Waals surface area contributed by atoms with Crippen LogP contribution in [0, 0.1) is 5.92 Å². The second-order valence-electron chi connectivity index (χ2n) is 3.70. The maximum atomic E-state index is 11.2. The monoisotopic (exact) mass is 195 g/mol. The highest BCUT2D eigenvalue weighted by Crippen LogP contribution is 2.20. The number of imide groups is 1. The number of carbonyl (C=O) groups excluding carboxylic acids is 2. The number of nitrogens with one attached hydrogen (secondary N) is 1. The van der Waals surface area contributed by atoms with Crippen LogP contribution in [0.3, 0.4) is 0 Å². The third-order valence-corrected chi connectivity index (χ3v) is 2.60. The van der Waals surface area contributed by atoms with Gasteiger partial charge in [0.2, 0.25) is 5.91 Å². The molecule has 0 radical (unpaired) electrons. The Labute approximate surface area is 82.3 Å². The second-order valence-corrected chi connectivity index (χ2v) is 3.70. The zero-order valence-corrected chi connectivity index (χ0v) is 7.91. The summed E-state index contributed by atoms with van der Waals surface area (Å²) in [4.78, 5) is 22.1. The average molecular weight is 195 g/mol. The molecule has 1 N–H and O–H groups in total. The van der Waals surface area contributed by atoms with Crippen molar-refractivity contribution in [3.05, 3.63) is 11.6 Å². The summed E-state index contributed by atoms with van der Waals surface area (Å²) >= 11 is 0. The number of ether oxygens (including phenoxy) is 1. The van der Waals surface area contributed by atoms with Crippen LogP contribution < -0.4 is 5.32 Å². The molecule has 0 aromatic rings. The van der Waals surface area contributed by atoms with Crippen molar-refractivity contribution in [1.29, 1.82) is 0 Å². The molecule has 2 heterocycles. The van der Waals surface area contributed by atoms with Gasteiger partial charge in [-0.3, -0.25) is 14.9 Å². The van der Waals surface area contributed by atoms with Crippen LogP contribution >= 0.6 is 0 Å². The Morgan fingerprint density at radius 1 is 1.29 bits per heavy atom. The Morgan fingerprint density at radius 2 is 2.00 bits per heavy atom. The highest BCUT2D eigenvalue weighted by Gasteiger charge is 2.25. The molecule has 2 amide bonds. The summed E-state index contributed by atoms with van der Waals surface area (Å²) in [7, 11) is 0. The van der Waals surface area contributed by atoms with Gasteiger partial charge in [0.15, 0.2) is 0 Å². The standard InChI is InChI=1S/C10H13NO3/c12-9-6-8(10(13)11-9)5-7-1-3-14-4-2-7/h5,7H,1-4,6H2,(H,11,12,13). The van der Waals surface area contributed by atoms with Crippen LogP contribution in [0.2, 0.25) is 0 Å². The fourth-order valence-corrected chi connectivity index (χ4v) is 1.81. The van der Waals surface area contributed by atoms with E-state index in [0.29, 0.717) is 11.5 Å². The summed E-state index contributed by atoms with van der Waals surface area (Å²) in [5.74, 6) is -0.00907. The van der Waals surface area contributed by atoms with Crippen LogP contribution in [-0.4, -0.2) is 25.0 Å². The molecule has 0 spiro atoms. The maximum absolute atomic E-state index is 11.2. The largest absolute Gasteiger partial charge is 0.381 e. The summed E-state index contributed by atoms with van der Waals surface area (Å²) in [5, 5.41) is 2.28. The fourth-order valence-electron chi connectivity index (χ4n) is 1.81. The van der Waals surface area contributed by atoms with E-state index in [1.807, 2.05) is 6.08 Å². The second kappa shape index (κ2) is 3.92. The van der Waals surface area contributed by atoms with Crippen molar-refractivity contribution in [3.63, 3.8) is 0 Å². The highest BCUT2D eigenvalue weighted by atomic mass is 16.5. The van der Waals surface area contributed by atoms with Gasteiger partial charge in [-0.15, -0.1) is 0 Å². The molecule has 76 valence electrons. The maximum Gasteiger partial charge on any atom is 0.253 e. The number of carbonyl (C=O) groups is 2. The van der Waals surface area contributed by atoms with E-state index in [1.54, 1.807) is 0 Å². The molecule has 2 aliphatic rings. The number of hydrogen-bond acceptors (Lipinski definition) is 3. The summed E-state index contributed by atoms with van der Waals surface area (Å²) in [6.45, 7) is 1.51. The topological polar surface area (TPSA) is 55.4 Å². The van der Waals surface area contributed by atoms with Crippen LogP contribution in [0.1, 0.15) is 19.3 Å². The predicted molar refractivity (Wildman–Crippen MR) is 49.4 cm³/mol. The zero-order valence-electron chi connectivity index (χ0n) is 7.91. The Morgan fingerprint density at radius 3 is 2.57 bits per heavy atom.